The van der Waals surface area contributed by atoms with Crippen LogP contribution in [-0.4, -0.2) is 39.8 Å². The molecule has 5 nitrogen and oxygen atoms in total. The van der Waals surface area contributed by atoms with Gasteiger partial charge >= 0.3 is 6.09 Å². The lowest BCUT2D eigenvalue weighted by molar-refractivity contribution is -0.0555. The van der Waals surface area contributed by atoms with E-state index in [1.807, 2.05) is 24.3 Å². The Morgan fingerprint density at radius 3 is 2.21 bits per heavy atom. The lowest BCUT2D eigenvalue weighted by atomic mass is 9.81. The lowest BCUT2D eigenvalue weighted by Crippen LogP contribution is -2.52. The molecule has 6 heteroatoms. The van der Waals surface area contributed by atoms with Gasteiger partial charge in [-0.05, 0) is 41.2 Å². The van der Waals surface area contributed by atoms with E-state index in [0.717, 1.165) is 12.8 Å². The fraction of sp³-hybridized carbons (Fsp3) is 0.333. The van der Waals surface area contributed by atoms with Crippen LogP contribution in [0.4, 0.5) is 9.18 Å². The summed E-state index contributed by atoms with van der Waals surface area (Å²) in [4.78, 5) is 18.7. The Labute approximate surface area is 191 Å². The molecule has 1 N–H and O–H groups in total. The van der Waals surface area contributed by atoms with Gasteiger partial charge in [0.15, 0.2) is 0 Å². The maximum absolute atomic E-state index is 14.3. The number of aromatic nitrogens is 1. The number of carbonyl (C=O) groups excluding carboxylic acids is 1. The van der Waals surface area contributed by atoms with Gasteiger partial charge in [0.05, 0.1) is 5.60 Å². The summed E-state index contributed by atoms with van der Waals surface area (Å²) in [7, 11) is 0. The fourth-order valence-corrected chi connectivity index (χ4v) is 6.14. The van der Waals surface area contributed by atoms with Crippen molar-refractivity contribution in [2.24, 2.45) is 0 Å². The van der Waals surface area contributed by atoms with Crippen LogP contribution in [0, 0.1) is 5.95 Å². The van der Waals surface area contributed by atoms with Crippen molar-refractivity contribution in [1.29, 1.82) is 0 Å². The minimum Gasteiger partial charge on any atom is -0.448 e. The molecule has 3 aromatic rings. The number of carbonyl (C=O) groups is 1. The number of benzene rings is 2. The van der Waals surface area contributed by atoms with Gasteiger partial charge in [-0.15, -0.1) is 0 Å². The van der Waals surface area contributed by atoms with Crippen LogP contribution >= 0.6 is 0 Å². The first-order valence-electron chi connectivity index (χ1n) is 11.5. The van der Waals surface area contributed by atoms with Crippen molar-refractivity contribution in [3.05, 3.63) is 89.5 Å². The summed E-state index contributed by atoms with van der Waals surface area (Å²) in [6.07, 6.45) is 3.16. The quantitative estimate of drug-likeness (QED) is 0.579. The standard InChI is InChI=1S/C27H25FN2O3/c28-25-24(10-5-13-29-25)27(32)14-17-11-12-18(15-27)30(17)26(31)33-16-23-21-8-3-1-6-19(21)20-7-2-4-9-22(20)23/h1-10,13,17-18,23,32H,11-12,14-16H2. The van der Waals surface area contributed by atoms with Crippen molar-refractivity contribution in [1.82, 2.24) is 9.88 Å². The van der Waals surface area contributed by atoms with E-state index in [2.05, 4.69) is 29.2 Å². The topological polar surface area (TPSA) is 62.7 Å². The van der Waals surface area contributed by atoms with E-state index < -0.39 is 11.5 Å². The van der Waals surface area contributed by atoms with Gasteiger partial charge in [0.1, 0.15) is 6.61 Å². The third-order valence-electron chi connectivity index (χ3n) is 7.57. The van der Waals surface area contributed by atoms with Gasteiger partial charge in [-0.25, -0.2) is 9.78 Å². The normalized spacial score (nSPS) is 25.6. The molecule has 2 saturated heterocycles. The second kappa shape index (κ2) is 7.66. The number of pyridine rings is 1. The molecule has 0 spiro atoms. The van der Waals surface area contributed by atoms with E-state index in [0.29, 0.717) is 0 Å². The zero-order valence-corrected chi connectivity index (χ0v) is 18.2. The molecule has 2 bridgehead atoms. The highest BCUT2D eigenvalue weighted by atomic mass is 19.1. The molecule has 2 aliphatic heterocycles. The average molecular weight is 445 g/mol. The third-order valence-corrected chi connectivity index (χ3v) is 7.57. The Hall–Kier alpha value is -3.25. The second-order valence-corrected chi connectivity index (χ2v) is 9.38. The second-order valence-electron chi connectivity index (χ2n) is 9.38. The molecule has 1 amide bonds. The van der Waals surface area contributed by atoms with Crippen LogP contribution in [0.1, 0.15) is 48.3 Å². The van der Waals surface area contributed by atoms with Crippen molar-refractivity contribution >= 4 is 6.09 Å². The number of hydrogen-bond acceptors (Lipinski definition) is 4. The monoisotopic (exact) mass is 444 g/mol. The Balaban J connectivity index is 1.19. The van der Waals surface area contributed by atoms with Crippen LogP contribution in [0.2, 0.25) is 0 Å². The molecule has 2 aromatic carbocycles. The molecular formula is C27H25FN2O3. The molecule has 2 atom stereocenters. The molecule has 0 saturated carbocycles. The molecule has 2 unspecified atom stereocenters. The number of aliphatic hydroxyl groups is 1. The Bertz CT molecular complexity index is 1170. The van der Waals surface area contributed by atoms with Crippen LogP contribution in [0.3, 0.4) is 0 Å². The summed E-state index contributed by atoms with van der Waals surface area (Å²) in [6.45, 7) is 0.268. The lowest BCUT2D eigenvalue weighted by Gasteiger charge is -2.43. The average Bonchev–Trinajstić information content (AvgIpc) is 3.30. The first-order valence-corrected chi connectivity index (χ1v) is 11.5. The van der Waals surface area contributed by atoms with Crippen LogP contribution < -0.4 is 0 Å². The maximum Gasteiger partial charge on any atom is 0.410 e. The van der Waals surface area contributed by atoms with Gasteiger partial charge in [-0.3, -0.25) is 0 Å². The number of hydrogen-bond donors (Lipinski definition) is 1. The summed E-state index contributed by atoms with van der Waals surface area (Å²) in [6, 6.07) is 19.4. The number of fused-ring (bicyclic) bond motifs is 5. The molecule has 6 rings (SSSR count). The Morgan fingerprint density at radius 2 is 1.61 bits per heavy atom. The number of piperidine rings is 1. The van der Waals surface area contributed by atoms with Crippen molar-refractivity contribution < 1.29 is 19.0 Å². The first-order chi connectivity index (χ1) is 16.0. The third kappa shape index (κ3) is 3.23. The number of amides is 1. The number of nitrogens with zero attached hydrogens (tertiary/aromatic N) is 2. The molecule has 33 heavy (non-hydrogen) atoms. The van der Waals surface area contributed by atoms with E-state index >= 15 is 0 Å². The van der Waals surface area contributed by atoms with E-state index in [-0.39, 0.29) is 49.1 Å². The molecule has 168 valence electrons. The fourth-order valence-electron chi connectivity index (χ4n) is 6.14. The summed E-state index contributed by atoms with van der Waals surface area (Å²) in [5.41, 5.74) is 3.63. The molecule has 3 heterocycles. The van der Waals surface area contributed by atoms with Gasteiger partial charge in [0.25, 0.3) is 0 Å². The summed E-state index contributed by atoms with van der Waals surface area (Å²) in [5.74, 6) is -0.640. The summed E-state index contributed by atoms with van der Waals surface area (Å²) >= 11 is 0. The highest BCUT2D eigenvalue weighted by Gasteiger charge is 2.51. The van der Waals surface area contributed by atoms with Gasteiger partial charge < -0.3 is 14.7 Å². The van der Waals surface area contributed by atoms with Gasteiger partial charge in [0, 0.05) is 42.6 Å². The molecule has 2 fully saturated rings. The van der Waals surface area contributed by atoms with E-state index in [9.17, 15) is 14.3 Å². The molecular weight excluding hydrogens is 419 g/mol. The molecule has 0 radical (unpaired) electrons. The highest BCUT2D eigenvalue weighted by molar-refractivity contribution is 5.79. The Morgan fingerprint density at radius 1 is 1.00 bits per heavy atom. The number of halogens is 1. The molecule has 1 aliphatic carbocycles. The largest absolute Gasteiger partial charge is 0.448 e. The van der Waals surface area contributed by atoms with Crippen LogP contribution in [-0.2, 0) is 10.3 Å². The number of rotatable bonds is 3. The molecule has 1 aromatic heterocycles. The Kier molecular flexibility index (Phi) is 4.73. The van der Waals surface area contributed by atoms with Gasteiger partial charge in [-0.1, -0.05) is 54.6 Å². The predicted octanol–water partition coefficient (Wildman–Crippen LogP) is 4.98. The zero-order chi connectivity index (χ0) is 22.6. The number of ether oxygens (including phenoxy) is 1. The van der Waals surface area contributed by atoms with E-state index in [1.54, 1.807) is 17.0 Å². The molecule has 3 aliphatic rings. The van der Waals surface area contributed by atoms with E-state index in [4.69, 9.17) is 4.74 Å². The minimum absolute atomic E-state index is 0.00483. The van der Waals surface area contributed by atoms with Crippen molar-refractivity contribution in [2.75, 3.05) is 6.61 Å². The van der Waals surface area contributed by atoms with Gasteiger partial charge in [0.2, 0.25) is 5.95 Å². The van der Waals surface area contributed by atoms with Crippen LogP contribution in [0.5, 0.6) is 0 Å². The van der Waals surface area contributed by atoms with Crippen molar-refractivity contribution in [3.63, 3.8) is 0 Å². The smallest absolute Gasteiger partial charge is 0.410 e. The van der Waals surface area contributed by atoms with Gasteiger partial charge in [-0.2, -0.15) is 4.39 Å². The SMILES string of the molecule is O=C(OCC1c2ccccc2-c2ccccc21)N1C2CCC1CC(O)(c1cccnc1F)C2. The summed E-state index contributed by atoms with van der Waals surface area (Å²) < 4.78 is 20.2. The summed E-state index contributed by atoms with van der Waals surface area (Å²) in [5, 5.41) is 11.3. The maximum atomic E-state index is 14.3. The zero-order valence-electron chi connectivity index (χ0n) is 18.2. The van der Waals surface area contributed by atoms with Crippen molar-refractivity contribution in [2.45, 2.75) is 49.3 Å². The predicted molar refractivity (Wildman–Crippen MR) is 121 cm³/mol. The van der Waals surface area contributed by atoms with Crippen LogP contribution in [0.15, 0.2) is 66.9 Å². The van der Waals surface area contributed by atoms with E-state index in [1.165, 1.54) is 28.5 Å². The highest BCUT2D eigenvalue weighted by Crippen LogP contribution is 2.47. The van der Waals surface area contributed by atoms with Crippen LogP contribution in [0.25, 0.3) is 11.1 Å². The minimum atomic E-state index is -1.32. The van der Waals surface area contributed by atoms with Crippen molar-refractivity contribution in [3.8, 4) is 11.1 Å². The first kappa shape index (κ1) is 20.4.